The van der Waals surface area contributed by atoms with Gasteiger partial charge in [0.1, 0.15) is 0 Å². The summed E-state index contributed by atoms with van der Waals surface area (Å²) in [5, 5.41) is 0. The summed E-state index contributed by atoms with van der Waals surface area (Å²) in [4.78, 5) is 26.9. The lowest BCUT2D eigenvalue weighted by Gasteiger charge is -2.26. The van der Waals surface area contributed by atoms with Gasteiger partial charge in [-0.3, -0.25) is 9.69 Å². The highest BCUT2D eigenvalue weighted by Gasteiger charge is 2.14. The van der Waals surface area contributed by atoms with Gasteiger partial charge in [-0.25, -0.2) is 4.79 Å². The molecule has 0 aliphatic carbocycles. The van der Waals surface area contributed by atoms with Gasteiger partial charge in [0, 0.05) is 17.7 Å². The number of rotatable bonds is 6. The molecule has 1 aliphatic rings. The topological polar surface area (TPSA) is 46.6 Å². The second kappa shape index (κ2) is 8.77. The van der Waals surface area contributed by atoms with Gasteiger partial charge in [0.2, 0.25) is 0 Å². The minimum Gasteiger partial charge on any atom is -0.462 e. The summed E-state index contributed by atoms with van der Waals surface area (Å²) in [6.45, 7) is 5.26. The van der Waals surface area contributed by atoms with Crippen LogP contribution in [0.1, 0.15) is 58.0 Å². The molecule has 0 saturated carbocycles. The second-order valence-electron chi connectivity index (χ2n) is 6.66. The molecule has 1 aliphatic heterocycles. The van der Waals surface area contributed by atoms with Crippen molar-refractivity contribution in [3.8, 4) is 0 Å². The molecule has 0 unspecified atom stereocenters. The van der Waals surface area contributed by atoms with E-state index in [0.29, 0.717) is 23.3 Å². The molecule has 3 rings (SSSR count). The van der Waals surface area contributed by atoms with Gasteiger partial charge in [-0.2, -0.15) is 0 Å². The number of benzene rings is 2. The first-order valence-electron chi connectivity index (χ1n) is 9.30. The maximum Gasteiger partial charge on any atom is 0.338 e. The highest BCUT2D eigenvalue weighted by molar-refractivity contribution is 6.09. The van der Waals surface area contributed by atoms with Crippen molar-refractivity contribution in [2.24, 2.45) is 0 Å². The zero-order chi connectivity index (χ0) is 18.4. The molecule has 0 aromatic heterocycles. The molecule has 0 amide bonds. The van der Waals surface area contributed by atoms with E-state index in [1.807, 2.05) is 18.2 Å². The van der Waals surface area contributed by atoms with Crippen LogP contribution >= 0.6 is 0 Å². The monoisotopic (exact) mass is 351 g/mol. The summed E-state index contributed by atoms with van der Waals surface area (Å²) in [6.07, 6.45) is 3.83. The fourth-order valence-corrected chi connectivity index (χ4v) is 3.33. The van der Waals surface area contributed by atoms with Crippen molar-refractivity contribution in [3.05, 3.63) is 70.8 Å². The van der Waals surface area contributed by atoms with Crippen LogP contribution < -0.4 is 0 Å². The van der Waals surface area contributed by atoms with Crippen LogP contribution in [-0.4, -0.2) is 36.3 Å². The Morgan fingerprint density at radius 3 is 2.31 bits per heavy atom. The van der Waals surface area contributed by atoms with Crippen LogP contribution in [-0.2, 0) is 11.3 Å². The molecule has 1 heterocycles. The Morgan fingerprint density at radius 2 is 1.62 bits per heavy atom. The maximum atomic E-state index is 12.8. The molecule has 1 saturated heterocycles. The van der Waals surface area contributed by atoms with E-state index >= 15 is 0 Å². The number of carbonyl (C=O) groups is 2. The van der Waals surface area contributed by atoms with E-state index in [9.17, 15) is 9.59 Å². The Hall–Kier alpha value is -2.46. The third-order valence-corrected chi connectivity index (χ3v) is 4.70. The summed E-state index contributed by atoms with van der Waals surface area (Å²) in [7, 11) is 0. The van der Waals surface area contributed by atoms with Gasteiger partial charge in [0.05, 0.1) is 12.2 Å². The molecule has 0 bridgehead atoms. The number of hydrogen-bond donors (Lipinski definition) is 0. The van der Waals surface area contributed by atoms with E-state index in [0.717, 1.165) is 19.6 Å². The van der Waals surface area contributed by atoms with E-state index in [-0.39, 0.29) is 11.8 Å². The van der Waals surface area contributed by atoms with Crippen molar-refractivity contribution in [1.82, 2.24) is 4.90 Å². The molecule has 4 nitrogen and oxygen atoms in total. The van der Waals surface area contributed by atoms with Gasteiger partial charge in [-0.1, -0.05) is 36.8 Å². The van der Waals surface area contributed by atoms with Crippen LogP contribution in [0.25, 0.3) is 0 Å². The molecule has 0 N–H and O–H groups in total. The minimum absolute atomic E-state index is 0.0269. The smallest absolute Gasteiger partial charge is 0.338 e. The maximum absolute atomic E-state index is 12.8. The molecule has 0 radical (unpaired) electrons. The molecule has 0 spiro atoms. The van der Waals surface area contributed by atoms with Gasteiger partial charge >= 0.3 is 5.97 Å². The zero-order valence-corrected chi connectivity index (χ0v) is 15.2. The molecular formula is C22H25NO3. The molecule has 2 aromatic rings. The van der Waals surface area contributed by atoms with Crippen LogP contribution in [0.4, 0.5) is 0 Å². The SMILES string of the molecule is CCOC(=O)c1ccc(C(=O)c2cccc(CN3CCCCC3)c2)cc1. The molecule has 136 valence electrons. The lowest BCUT2D eigenvalue weighted by Crippen LogP contribution is -2.29. The third kappa shape index (κ3) is 4.58. The standard InChI is InChI=1S/C22H25NO3/c1-2-26-22(25)19-11-9-18(10-12-19)21(24)20-8-6-7-17(15-20)16-23-13-4-3-5-14-23/h6-12,15H,2-5,13-14,16H2,1H3. The van der Waals surface area contributed by atoms with Gasteiger partial charge in [-0.05, 0) is 56.6 Å². The largest absolute Gasteiger partial charge is 0.462 e. The molecule has 1 fully saturated rings. The van der Waals surface area contributed by atoms with Crippen molar-refractivity contribution >= 4 is 11.8 Å². The number of carbonyl (C=O) groups excluding carboxylic acids is 2. The minimum atomic E-state index is -0.366. The van der Waals surface area contributed by atoms with E-state index in [1.165, 1.54) is 24.8 Å². The zero-order valence-electron chi connectivity index (χ0n) is 15.2. The summed E-state index contributed by atoms with van der Waals surface area (Å²) in [5.74, 6) is -0.393. The van der Waals surface area contributed by atoms with Crippen molar-refractivity contribution in [2.45, 2.75) is 32.7 Å². The van der Waals surface area contributed by atoms with E-state index in [4.69, 9.17) is 4.74 Å². The fourth-order valence-electron chi connectivity index (χ4n) is 3.33. The Morgan fingerprint density at radius 1 is 0.923 bits per heavy atom. The molecule has 26 heavy (non-hydrogen) atoms. The number of esters is 1. The number of hydrogen-bond acceptors (Lipinski definition) is 4. The Balaban J connectivity index is 1.71. The highest BCUT2D eigenvalue weighted by Crippen LogP contribution is 2.17. The summed E-state index contributed by atoms with van der Waals surface area (Å²) in [6, 6.07) is 14.5. The van der Waals surface area contributed by atoms with Gasteiger partial charge < -0.3 is 4.74 Å². The summed E-state index contributed by atoms with van der Waals surface area (Å²) < 4.78 is 4.97. The first-order chi connectivity index (χ1) is 12.7. The first kappa shape index (κ1) is 18.3. The van der Waals surface area contributed by atoms with Crippen LogP contribution in [0.5, 0.6) is 0 Å². The molecule has 0 atom stereocenters. The lowest BCUT2D eigenvalue weighted by molar-refractivity contribution is 0.0526. The van der Waals surface area contributed by atoms with Crippen molar-refractivity contribution < 1.29 is 14.3 Å². The van der Waals surface area contributed by atoms with Crippen LogP contribution in [0.15, 0.2) is 48.5 Å². The van der Waals surface area contributed by atoms with Gasteiger partial charge in [0.25, 0.3) is 0 Å². The number of piperidine rings is 1. The number of nitrogens with zero attached hydrogens (tertiary/aromatic N) is 1. The van der Waals surface area contributed by atoms with Crippen molar-refractivity contribution in [3.63, 3.8) is 0 Å². The Bertz CT molecular complexity index is 761. The molecular weight excluding hydrogens is 326 g/mol. The van der Waals surface area contributed by atoms with Gasteiger partial charge in [-0.15, -0.1) is 0 Å². The Kier molecular flexibility index (Phi) is 6.18. The predicted molar refractivity (Wildman–Crippen MR) is 101 cm³/mol. The van der Waals surface area contributed by atoms with Gasteiger partial charge in [0.15, 0.2) is 5.78 Å². The van der Waals surface area contributed by atoms with Crippen molar-refractivity contribution in [2.75, 3.05) is 19.7 Å². The summed E-state index contributed by atoms with van der Waals surface area (Å²) in [5.41, 5.74) is 2.89. The lowest BCUT2D eigenvalue weighted by atomic mass is 10.00. The van der Waals surface area contributed by atoms with Crippen LogP contribution in [0, 0.1) is 0 Å². The Labute approximate surface area is 154 Å². The fraction of sp³-hybridized carbons (Fsp3) is 0.364. The highest BCUT2D eigenvalue weighted by atomic mass is 16.5. The average molecular weight is 351 g/mol. The second-order valence-corrected chi connectivity index (χ2v) is 6.66. The number of ketones is 1. The summed E-state index contributed by atoms with van der Waals surface area (Å²) >= 11 is 0. The van der Waals surface area contributed by atoms with Crippen molar-refractivity contribution in [1.29, 1.82) is 0 Å². The van der Waals surface area contributed by atoms with E-state index in [1.54, 1.807) is 31.2 Å². The first-order valence-corrected chi connectivity index (χ1v) is 9.30. The third-order valence-electron chi connectivity index (χ3n) is 4.70. The number of ether oxygens (including phenoxy) is 1. The van der Waals surface area contributed by atoms with Crippen LogP contribution in [0.3, 0.4) is 0 Å². The predicted octanol–water partition coefficient (Wildman–Crippen LogP) is 4.08. The quantitative estimate of drug-likeness (QED) is 0.581. The van der Waals surface area contributed by atoms with E-state index in [2.05, 4.69) is 11.0 Å². The average Bonchev–Trinajstić information content (AvgIpc) is 2.69. The van der Waals surface area contributed by atoms with E-state index < -0.39 is 0 Å². The number of likely N-dealkylation sites (tertiary alicyclic amines) is 1. The molecule has 4 heteroatoms. The normalized spacial score (nSPS) is 14.8. The molecule has 2 aromatic carbocycles. The van der Waals surface area contributed by atoms with Crippen LogP contribution in [0.2, 0.25) is 0 Å².